The standard InChI is InChI=1S/C27H36N4O2S/c1-7-21-12-8-10-14-23(21)28-25(32)17-34-27-30-29-26(31(27)16-18(2)3)20(6)33-24-15-11-9-13-22(24)19(4)5/h8-15,18-20H,7,16-17H2,1-6H3,(H,28,32). The molecule has 1 unspecified atom stereocenters. The summed E-state index contributed by atoms with van der Waals surface area (Å²) in [5.74, 6) is 2.61. The molecule has 0 aliphatic rings. The topological polar surface area (TPSA) is 69.0 Å². The molecule has 1 atom stereocenters. The van der Waals surface area contributed by atoms with E-state index >= 15 is 0 Å². The quantitative estimate of drug-likeness (QED) is 0.318. The third kappa shape index (κ3) is 6.63. The van der Waals surface area contributed by atoms with Crippen LogP contribution in [0.1, 0.15) is 70.5 Å². The monoisotopic (exact) mass is 480 g/mol. The second kappa shape index (κ2) is 12.1. The number of rotatable bonds is 11. The van der Waals surface area contributed by atoms with Gasteiger partial charge in [-0.1, -0.05) is 82.8 Å². The van der Waals surface area contributed by atoms with Gasteiger partial charge in [0.25, 0.3) is 0 Å². The zero-order chi connectivity index (χ0) is 24.7. The SMILES string of the molecule is CCc1ccccc1NC(=O)CSc1nnc(C(C)Oc2ccccc2C(C)C)n1CC(C)C. The van der Waals surface area contributed by atoms with Crippen molar-refractivity contribution in [2.75, 3.05) is 11.1 Å². The molecule has 1 N–H and O–H groups in total. The van der Waals surface area contributed by atoms with Gasteiger partial charge in [-0.3, -0.25) is 4.79 Å². The van der Waals surface area contributed by atoms with E-state index in [1.807, 2.05) is 49.4 Å². The third-order valence-corrected chi connectivity index (χ3v) is 6.47. The summed E-state index contributed by atoms with van der Waals surface area (Å²) >= 11 is 1.40. The van der Waals surface area contributed by atoms with E-state index in [4.69, 9.17) is 4.74 Å². The molecule has 0 spiro atoms. The summed E-state index contributed by atoms with van der Waals surface area (Å²) in [6.07, 6.45) is 0.596. The molecule has 0 radical (unpaired) electrons. The van der Waals surface area contributed by atoms with Crippen LogP contribution in [0.25, 0.3) is 0 Å². The fraction of sp³-hybridized carbons (Fsp3) is 0.444. The highest BCUT2D eigenvalue weighted by atomic mass is 32.2. The summed E-state index contributed by atoms with van der Waals surface area (Å²) in [5, 5.41) is 12.6. The summed E-state index contributed by atoms with van der Waals surface area (Å²) < 4.78 is 8.44. The molecule has 182 valence electrons. The van der Waals surface area contributed by atoms with Crippen molar-refractivity contribution in [3.05, 3.63) is 65.5 Å². The third-order valence-electron chi connectivity index (χ3n) is 5.51. The van der Waals surface area contributed by atoms with Crippen LogP contribution < -0.4 is 10.1 Å². The summed E-state index contributed by atoms with van der Waals surface area (Å²) in [7, 11) is 0. The Hall–Kier alpha value is -2.80. The average Bonchev–Trinajstić information content (AvgIpc) is 3.20. The number of nitrogens with one attached hydrogen (secondary N) is 1. The van der Waals surface area contributed by atoms with Crippen LogP contribution in [0, 0.1) is 5.92 Å². The number of thioether (sulfide) groups is 1. The molecule has 0 fully saturated rings. The minimum Gasteiger partial charge on any atom is -0.482 e. The van der Waals surface area contributed by atoms with Crippen LogP contribution in [0.15, 0.2) is 53.7 Å². The zero-order valence-electron chi connectivity index (χ0n) is 21.0. The van der Waals surface area contributed by atoms with Crippen molar-refractivity contribution in [1.82, 2.24) is 14.8 Å². The predicted octanol–water partition coefficient (Wildman–Crippen LogP) is 6.49. The number of benzene rings is 2. The number of carbonyl (C=O) groups excluding carboxylic acids is 1. The largest absolute Gasteiger partial charge is 0.482 e. The molecule has 7 heteroatoms. The number of hydrogen-bond acceptors (Lipinski definition) is 5. The first-order valence-electron chi connectivity index (χ1n) is 12.0. The van der Waals surface area contributed by atoms with Gasteiger partial charge in [-0.15, -0.1) is 10.2 Å². The van der Waals surface area contributed by atoms with Crippen molar-refractivity contribution in [3.63, 3.8) is 0 Å². The molecule has 0 bridgehead atoms. The van der Waals surface area contributed by atoms with Gasteiger partial charge >= 0.3 is 0 Å². The van der Waals surface area contributed by atoms with Crippen molar-refractivity contribution < 1.29 is 9.53 Å². The van der Waals surface area contributed by atoms with Gasteiger partial charge in [-0.2, -0.15) is 0 Å². The molecular weight excluding hydrogens is 444 g/mol. The number of hydrogen-bond donors (Lipinski definition) is 1. The summed E-state index contributed by atoms with van der Waals surface area (Å²) in [5.41, 5.74) is 3.16. The van der Waals surface area contributed by atoms with Crippen LogP contribution in [0.4, 0.5) is 5.69 Å². The lowest BCUT2D eigenvalue weighted by Crippen LogP contribution is -2.18. The molecule has 0 saturated carbocycles. The van der Waals surface area contributed by atoms with E-state index < -0.39 is 0 Å². The number of nitrogens with zero attached hydrogens (tertiary/aromatic N) is 3. The Kier molecular flexibility index (Phi) is 9.16. The highest BCUT2D eigenvalue weighted by Gasteiger charge is 2.22. The summed E-state index contributed by atoms with van der Waals surface area (Å²) in [4.78, 5) is 12.7. The maximum Gasteiger partial charge on any atom is 0.234 e. The van der Waals surface area contributed by atoms with Crippen LogP contribution in [-0.2, 0) is 17.8 Å². The molecular formula is C27H36N4O2S. The Balaban J connectivity index is 1.74. The number of para-hydroxylation sites is 2. The van der Waals surface area contributed by atoms with Gasteiger partial charge in [0.15, 0.2) is 17.1 Å². The maximum absolute atomic E-state index is 12.7. The van der Waals surface area contributed by atoms with Crippen LogP contribution >= 0.6 is 11.8 Å². The Labute approximate surface area is 207 Å². The number of aromatic nitrogens is 3. The van der Waals surface area contributed by atoms with E-state index in [9.17, 15) is 4.79 Å². The van der Waals surface area contributed by atoms with E-state index in [0.29, 0.717) is 11.8 Å². The fourth-order valence-corrected chi connectivity index (χ4v) is 4.57. The summed E-state index contributed by atoms with van der Waals surface area (Å²) in [6.45, 7) is 13.5. The fourth-order valence-electron chi connectivity index (χ4n) is 3.82. The highest BCUT2D eigenvalue weighted by Crippen LogP contribution is 2.31. The van der Waals surface area contributed by atoms with Gasteiger partial charge in [0.2, 0.25) is 5.91 Å². The number of ether oxygens (including phenoxy) is 1. The predicted molar refractivity (Wildman–Crippen MR) is 140 cm³/mol. The van der Waals surface area contributed by atoms with Gasteiger partial charge in [0.05, 0.1) is 5.75 Å². The van der Waals surface area contributed by atoms with Crippen molar-refractivity contribution in [2.45, 2.75) is 71.7 Å². The molecule has 0 aliphatic heterocycles. The van der Waals surface area contributed by atoms with Gasteiger partial charge in [-0.05, 0) is 48.4 Å². The van der Waals surface area contributed by atoms with Gasteiger partial charge in [-0.25, -0.2) is 0 Å². The van der Waals surface area contributed by atoms with E-state index in [2.05, 4.69) is 60.8 Å². The summed E-state index contributed by atoms with van der Waals surface area (Å²) in [6, 6.07) is 16.0. The molecule has 3 rings (SSSR count). The van der Waals surface area contributed by atoms with Crippen LogP contribution in [-0.4, -0.2) is 26.4 Å². The van der Waals surface area contributed by atoms with Crippen molar-refractivity contribution in [2.24, 2.45) is 5.92 Å². The Morgan fingerprint density at radius 1 is 1.03 bits per heavy atom. The second-order valence-corrected chi connectivity index (χ2v) is 10.1. The van der Waals surface area contributed by atoms with Gasteiger partial charge in [0.1, 0.15) is 5.75 Å². The zero-order valence-corrected chi connectivity index (χ0v) is 21.9. The first-order valence-corrected chi connectivity index (χ1v) is 13.0. The molecule has 34 heavy (non-hydrogen) atoms. The van der Waals surface area contributed by atoms with E-state index in [0.717, 1.165) is 40.9 Å². The molecule has 1 heterocycles. The Bertz CT molecular complexity index is 1090. The van der Waals surface area contributed by atoms with Crippen molar-refractivity contribution in [3.8, 4) is 5.75 Å². The van der Waals surface area contributed by atoms with Crippen molar-refractivity contribution in [1.29, 1.82) is 0 Å². The second-order valence-electron chi connectivity index (χ2n) is 9.15. The first-order chi connectivity index (χ1) is 16.3. The average molecular weight is 481 g/mol. The molecule has 1 aromatic heterocycles. The number of amides is 1. The molecule has 3 aromatic rings. The normalized spacial score (nSPS) is 12.2. The minimum absolute atomic E-state index is 0.0540. The molecule has 6 nitrogen and oxygen atoms in total. The molecule has 0 saturated heterocycles. The van der Waals surface area contributed by atoms with Gasteiger partial charge < -0.3 is 14.6 Å². The van der Waals surface area contributed by atoms with Crippen molar-refractivity contribution >= 4 is 23.4 Å². The highest BCUT2D eigenvalue weighted by molar-refractivity contribution is 7.99. The van der Waals surface area contributed by atoms with Crippen LogP contribution in [0.5, 0.6) is 5.75 Å². The lowest BCUT2D eigenvalue weighted by atomic mass is 10.0. The number of aryl methyl sites for hydroxylation is 1. The maximum atomic E-state index is 12.7. The smallest absolute Gasteiger partial charge is 0.234 e. The lowest BCUT2D eigenvalue weighted by molar-refractivity contribution is -0.113. The van der Waals surface area contributed by atoms with Gasteiger partial charge in [0, 0.05) is 12.2 Å². The molecule has 2 aromatic carbocycles. The number of carbonyl (C=O) groups is 1. The van der Waals surface area contributed by atoms with E-state index in [1.165, 1.54) is 17.3 Å². The van der Waals surface area contributed by atoms with E-state index in [1.54, 1.807) is 0 Å². The minimum atomic E-state index is -0.272. The van der Waals surface area contributed by atoms with E-state index in [-0.39, 0.29) is 17.8 Å². The Morgan fingerprint density at radius 2 is 1.74 bits per heavy atom. The van der Waals surface area contributed by atoms with Crippen LogP contribution in [0.2, 0.25) is 0 Å². The first kappa shape index (κ1) is 25.8. The molecule has 0 aliphatic carbocycles. The number of anilines is 1. The lowest BCUT2D eigenvalue weighted by Gasteiger charge is -2.20. The molecule has 1 amide bonds. The van der Waals surface area contributed by atoms with Crippen LogP contribution in [0.3, 0.4) is 0 Å². The Morgan fingerprint density at radius 3 is 2.44 bits per heavy atom.